The summed E-state index contributed by atoms with van der Waals surface area (Å²) in [5.41, 5.74) is 0. The number of benzene rings is 2. The monoisotopic (exact) mass is 522 g/mol. The van der Waals surface area contributed by atoms with E-state index in [2.05, 4.69) is 126 Å². The zero-order valence-corrected chi connectivity index (χ0v) is 26.4. The first-order valence-electron chi connectivity index (χ1n) is 13.7. The summed E-state index contributed by atoms with van der Waals surface area (Å²) < 4.78 is 7.77. The lowest BCUT2D eigenvalue weighted by Crippen LogP contribution is -2.83. The molecule has 0 radical (unpaired) electrons. The van der Waals surface area contributed by atoms with Crippen LogP contribution >= 0.6 is 0 Å². The molecule has 0 fully saturated rings. The third-order valence-corrected chi connectivity index (χ3v) is 45.3. The zero-order chi connectivity index (χ0) is 26.0. The number of hydrogen-bond donors (Lipinski definition) is 0. The molecule has 192 valence electrons. The smallest absolute Gasteiger partial charge is 0.238 e. The van der Waals surface area contributed by atoms with Gasteiger partial charge < -0.3 is 4.43 Å². The van der Waals surface area contributed by atoms with Crippen LogP contribution in [0.2, 0.25) is 32.7 Å². The number of unbranched alkanes of at least 4 members (excludes halogenated alkanes) is 5. The van der Waals surface area contributed by atoms with Crippen molar-refractivity contribution in [2.24, 2.45) is 5.92 Å². The molecule has 0 bridgehead atoms. The summed E-state index contributed by atoms with van der Waals surface area (Å²) in [5.74, 6) is 0.163. The minimum Gasteiger partial charge on any atom is -0.407 e. The maximum Gasteiger partial charge on any atom is 0.238 e. The summed E-state index contributed by atoms with van der Waals surface area (Å²) in [6.45, 7) is 23.6. The Morgan fingerprint density at radius 3 is 1.60 bits per heavy atom. The second-order valence-electron chi connectivity index (χ2n) is 11.5. The molecule has 0 aliphatic rings. The topological polar surface area (TPSA) is 9.23 Å². The summed E-state index contributed by atoms with van der Waals surface area (Å²) in [6, 6.07) is 22.5. The van der Waals surface area contributed by atoms with Crippen LogP contribution in [0.25, 0.3) is 0 Å². The fraction of sp³-hybridized carbons (Fsp3) is 0.484. The normalized spacial score (nSPS) is 13.6. The molecule has 1 nitrogen and oxygen atoms in total. The lowest BCUT2D eigenvalue weighted by Gasteiger charge is -2.52. The van der Waals surface area contributed by atoms with Gasteiger partial charge in [-0.1, -0.05) is 151 Å². The van der Waals surface area contributed by atoms with E-state index >= 15 is 0 Å². The molecule has 0 N–H and O–H groups in total. The summed E-state index contributed by atoms with van der Waals surface area (Å²) in [4.78, 5) is 0. The van der Waals surface area contributed by atoms with Gasteiger partial charge in [-0.15, -0.1) is 13.2 Å². The Hall–Kier alpha value is -1.47. The summed E-state index contributed by atoms with van der Waals surface area (Å²) in [7, 11) is -5.96. The molecule has 2 aromatic carbocycles. The van der Waals surface area contributed by atoms with Crippen molar-refractivity contribution >= 4 is 32.9 Å². The summed E-state index contributed by atoms with van der Waals surface area (Å²) in [6.07, 6.45) is 13.1. The Morgan fingerprint density at radius 1 is 0.714 bits per heavy atom. The molecule has 2 rings (SSSR count). The van der Waals surface area contributed by atoms with Crippen LogP contribution in [0.15, 0.2) is 86.0 Å². The molecule has 0 saturated heterocycles. The van der Waals surface area contributed by atoms with Crippen molar-refractivity contribution < 1.29 is 4.43 Å². The van der Waals surface area contributed by atoms with E-state index in [4.69, 9.17) is 4.43 Å². The van der Waals surface area contributed by atoms with Crippen LogP contribution in [0.5, 0.6) is 0 Å². The Morgan fingerprint density at radius 2 is 1.17 bits per heavy atom. The van der Waals surface area contributed by atoms with E-state index in [9.17, 15) is 0 Å². The average Bonchev–Trinajstić information content (AvgIpc) is 2.85. The molecule has 0 aromatic heterocycles. The molecule has 0 spiro atoms. The molecule has 2 aromatic rings. The third-order valence-electron chi connectivity index (χ3n) is 8.26. The van der Waals surface area contributed by atoms with Crippen LogP contribution in [0, 0.1) is 5.92 Å². The molecular formula is C31H50OSi3. The maximum absolute atomic E-state index is 7.77. The quantitative estimate of drug-likeness (QED) is 0.123. The zero-order valence-electron chi connectivity index (χ0n) is 23.4. The van der Waals surface area contributed by atoms with E-state index in [0.717, 1.165) is 6.42 Å². The molecule has 0 heterocycles. The Balaban J connectivity index is 2.62. The molecule has 0 aliphatic carbocycles. The highest BCUT2D eigenvalue weighted by Crippen LogP contribution is 2.33. The first-order valence-corrected chi connectivity index (χ1v) is 24.1. The number of hydrogen-bond acceptors (Lipinski definition) is 1. The number of rotatable bonds is 16. The van der Waals surface area contributed by atoms with Gasteiger partial charge in [0.1, 0.15) is 0 Å². The highest BCUT2D eigenvalue weighted by atomic mass is 29.6. The van der Waals surface area contributed by atoms with E-state index in [-0.39, 0.29) is 12.0 Å². The van der Waals surface area contributed by atoms with Gasteiger partial charge in [-0.25, -0.2) is 0 Å². The van der Waals surface area contributed by atoms with Crippen LogP contribution in [0.1, 0.15) is 51.9 Å². The van der Waals surface area contributed by atoms with Crippen molar-refractivity contribution in [3.63, 3.8) is 0 Å². The van der Waals surface area contributed by atoms with E-state index in [1.54, 1.807) is 0 Å². The van der Waals surface area contributed by atoms with Gasteiger partial charge in [0, 0.05) is 13.5 Å². The van der Waals surface area contributed by atoms with Crippen molar-refractivity contribution in [3.05, 3.63) is 86.0 Å². The second-order valence-corrected chi connectivity index (χ2v) is 37.7. The van der Waals surface area contributed by atoms with Crippen LogP contribution in [0.3, 0.4) is 0 Å². The Bertz CT molecular complexity index is 839. The maximum atomic E-state index is 7.77. The van der Waals surface area contributed by atoms with E-state index < -0.39 is 22.5 Å². The fourth-order valence-electron chi connectivity index (χ4n) is 5.13. The molecule has 4 heteroatoms. The first kappa shape index (κ1) is 29.8. The summed E-state index contributed by atoms with van der Waals surface area (Å²) >= 11 is 0. The van der Waals surface area contributed by atoms with E-state index in [1.165, 1.54) is 48.9 Å². The molecule has 0 amide bonds. The highest BCUT2D eigenvalue weighted by Gasteiger charge is 2.60. The van der Waals surface area contributed by atoms with Crippen molar-refractivity contribution in [1.29, 1.82) is 0 Å². The molecular weight excluding hydrogens is 473 g/mol. The summed E-state index contributed by atoms with van der Waals surface area (Å²) in [5, 5.41) is 2.87. The van der Waals surface area contributed by atoms with Crippen LogP contribution in [-0.2, 0) is 4.43 Å². The van der Waals surface area contributed by atoms with Gasteiger partial charge in [-0.3, -0.25) is 0 Å². The predicted molar refractivity (Wildman–Crippen MR) is 165 cm³/mol. The fourth-order valence-corrected chi connectivity index (χ4v) is 33.1. The van der Waals surface area contributed by atoms with Gasteiger partial charge in [-0.2, -0.15) is 0 Å². The SMILES string of the molecule is C=CC(C=C)[C@@H](CCCCCCCC)O[Si](c1ccccc1)(c1ccccc1)[Si](C)(C)[Si](C)(C)C. The van der Waals surface area contributed by atoms with Crippen molar-refractivity contribution in [2.45, 2.75) is 90.7 Å². The third kappa shape index (κ3) is 7.06. The van der Waals surface area contributed by atoms with Crippen molar-refractivity contribution in [2.75, 3.05) is 0 Å². The lowest BCUT2D eigenvalue weighted by molar-refractivity contribution is 0.163. The molecule has 1 atom stereocenters. The van der Waals surface area contributed by atoms with Crippen LogP contribution in [0.4, 0.5) is 0 Å². The van der Waals surface area contributed by atoms with Gasteiger partial charge in [-0.05, 0) is 16.8 Å². The molecule has 0 aliphatic heterocycles. The van der Waals surface area contributed by atoms with Gasteiger partial charge >= 0.3 is 0 Å². The average molecular weight is 523 g/mol. The van der Waals surface area contributed by atoms with Gasteiger partial charge in [0.05, 0.1) is 13.2 Å². The minimum absolute atomic E-state index is 0.117. The Kier molecular flexibility index (Phi) is 11.7. The largest absolute Gasteiger partial charge is 0.407 e. The highest BCUT2D eigenvalue weighted by molar-refractivity contribution is 7.72. The van der Waals surface area contributed by atoms with Gasteiger partial charge in [0.25, 0.3) is 0 Å². The van der Waals surface area contributed by atoms with E-state index in [0.29, 0.717) is 0 Å². The molecule has 0 unspecified atom stereocenters. The Labute approximate surface area is 219 Å². The molecule has 0 saturated carbocycles. The first-order chi connectivity index (χ1) is 16.7. The van der Waals surface area contributed by atoms with Crippen LogP contribution < -0.4 is 10.4 Å². The lowest BCUT2D eigenvalue weighted by atomic mass is 9.97. The van der Waals surface area contributed by atoms with Gasteiger partial charge in [0.2, 0.25) is 7.83 Å². The van der Waals surface area contributed by atoms with Crippen LogP contribution in [-0.4, -0.2) is 28.6 Å². The standard InChI is InChI=1S/C31H50OSi3/c1-9-12-13-14-15-22-27-31(28(10-2)11-3)32-35(29-23-18-16-19-24-29,30-25-20-17-21-26-30)34(7,8)33(4,5)6/h10-11,16-21,23-26,28,31H,2-3,9,12-15,22,27H2,1,4-8H3/t31-/m1/s1. The molecule has 35 heavy (non-hydrogen) atoms. The minimum atomic E-state index is -2.55. The van der Waals surface area contributed by atoms with Crippen molar-refractivity contribution in [3.8, 4) is 0 Å². The van der Waals surface area contributed by atoms with Gasteiger partial charge in [0.15, 0.2) is 0 Å². The van der Waals surface area contributed by atoms with Crippen molar-refractivity contribution in [1.82, 2.24) is 0 Å². The second kappa shape index (κ2) is 13.7. The predicted octanol–water partition coefficient (Wildman–Crippen LogP) is 8.07. The van der Waals surface area contributed by atoms with E-state index in [1.807, 2.05) is 0 Å².